The van der Waals surface area contributed by atoms with Crippen LogP contribution < -0.4 is 5.32 Å². The van der Waals surface area contributed by atoms with Crippen LogP contribution in [0.4, 0.5) is 0 Å². The highest BCUT2D eigenvalue weighted by Gasteiger charge is 2.78. The van der Waals surface area contributed by atoms with Crippen LogP contribution in [0.1, 0.15) is 65.0 Å². The Morgan fingerprint density at radius 3 is 2.59 bits per heavy atom. The highest BCUT2D eigenvalue weighted by molar-refractivity contribution is 5.98. The summed E-state index contributed by atoms with van der Waals surface area (Å²) < 4.78 is 11.9. The molecule has 8 heteroatoms. The maximum absolute atomic E-state index is 14.1. The number of esters is 1. The van der Waals surface area contributed by atoms with Gasteiger partial charge in [-0.05, 0) is 45.6 Å². The summed E-state index contributed by atoms with van der Waals surface area (Å²) in [6.07, 6.45) is 2.75. The SMILES string of the molecule is CCCC(C)NC(=O)C1N([C@H](CO)c2ccccc2)C(=O)[C@@H]2[C@H](C(=O)OCC)[C@]3(C)CCC12O3. The summed E-state index contributed by atoms with van der Waals surface area (Å²) in [5.41, 5.74) is -1.28. The number of nitrogens with one attached hydrogen (secondary N) is 1. The number of hydrogen-bond acceptors (Lipinski definition) is 6. The maximum Gasteiger partial charge on any atom is 0.312 e. The first-order valence-corrected chi connectivity index (χ1v) is 12.4. The Bertz CT molecular complexity index is 938. The highest BCUT2D eigenvalue weighted by Crippen LogP contribution is 2.64. The van der Waals surface area contributed by atoms with Crippen LogP contribution in [0, 0.1) is 11.8 Å². The van der Waals surface area contributed by atoms with Crippen LogP contribution in [0.25, 0.3) is 0 Å². The summed E-state index contributed by atoms with van der Waals surface area (Å²) in [6.45, 7) is 7.41. The van der Waals surface area contributed by atoms with Crippen molar-refractivity contribution in [3.05, 3.63) is 35.9 Å². The molecule has 4 rings (SSSR count). The summed E-state index contributed by atoms with van der Waals surface area (Å²) in [5.74, 6) is -2.74. The van der Waals surface area contributed by atoms with E-state index in [4.69, 9.17) is 9.47 Å². The van der Waals surface area contributed by atoms with Crippen LogP contribution in [-0.4, -0.2) is 64.3 Å². The molecular formula is C26H36N2O6. The highest BCUT2D eigenvalue weighted by atomic mass is 16.6. The van der Waals surface area contributed by atoms with Gasteiger partial charge in [-0.3, -0.25) is 14.4 Å². The normalized spacial score (nSPS) is 33.5. The predicted octanol–water partition coefficient (Wildman–Crippen LogP) is 2.35. The molecule has 1 spiro atoms. The molecule has 7 atom stereocenters. The summed E-state index contributed by atoms with van der Waals surface area (Å²) in [6, 6.07) is 7.42. The molecule has 3 aliphatic heterocycles. The van der Waals surface area contributed by atoms with Gasteiger partial charge < -0.3 is 24.8 Å². The van der Waals surface area contributed by atoms with Gasteiger partial charge in [0, 0.05) is 6.04 Å². The van der Waals surface area contributed by atoms with Crippen molar-refractivity contribution in [1.82, 2.24) is 10.2 Å². The molecule has 2 N–H and O–H groups in total. The van der Waals surface area contributed by atoms with Crippen molar-refractivity contribution in [2.75, 3.05) is 13.2 Å². The molecule has 34 heavy (non-hydrogen) atoms. The first-order chi connectivity index (χ1) is 16.2. The van der Waals surface area contributed by atoms with Gasteiger partial charge in [-0.25, -0.2) is 0 Å². The topological polar surface area (TPSA) is 105 Å². The van der Waals surface area contributed by atoms with Crippen molar-refractivity contribution in [1.29, 1.82) is 0 Å². The Kier molecular flexibility index (Phi) is 6.75. The lowest BCUT2D eigenvalue weighted by molar-refractivity contribution is -0.160. The minimum absolute atomic E-state index is 0.0794. The molecule has 186 valence electrons. The first kappa shape index (κ1) is 24.7. The van der Waals surface area contributed by atoms with Gasteiger partial charge in [0.1, 0.15) is 17.6 Å². The number of aliphatic hydroxyl groups is 1. The zero-order chi connectivity index (χ0) is 24.7. The average Bonchev–Trinajstić information content (AvgIpc) is 3.36. The molecule has 3 aliphatic rings. The third kappa shape index (κ3) is 3.71. The van der Waals surface area contributed by atoms with E-state index in [1.165, 1.54) is 4.90 Å². The Labute approximate surface area is 201 Å². The van der Waals surface area contributed by atoms with Crippen molar-refractivity contribution in [2.45, 2.75) is 82.7 Å². The number of carbonyl (C=O) groups excluding carboxylic acids is 3. The number of fused-ring (bicyclic) bond motifs is 1. The van der Waals surface area contributed by atoms with Crippen LogP contribution in [-0.2, 0) is 23.9 Å². The molecule has 8 nitrogen and oxygen atoms in total. The van der Waals surface area contributed by atoms with Crippen LogP contribution in [0.15, 0.2) is 30.3 Å². The lowest BCUT2D eigenvalue weighted by Gasteiger charge is -2.37. The molecule has 0 saturated carbocycles. The number of ether oxygens (including phenoxy) is 2. The molecule has 3 heterocycles. The molecule has 0 aliphatic carbocycles. The second kappa shape index (κ2) is 9.30. The average molecular weight is 473 g/mol. The van der Waals surface area contributed by atoms with Gasteiger partial charge in [0.25, 0.3) is 0 Å². The standard InChI is InChI=1S/C26H36N2O6/c1-5-10-16(3)27-22(30)21-26-14-13-25(4,34-26)20(24(32)33-6-2)19(26)23(31)28(21)18(15-29)17-11-8-7-9-12-17/h7-9,11-12,16,18-21,29H,5-6,10,13-15H2,1-4H3,(H,27,30)/t16?,18-,19+,20-,21?,25+,26?/m1/s1. The minimum atomic E-state index is -1.14. The summed E-state index contributed by atoms with van der Waals surface area (Å²) in [5, 5.41) is 13.5. The second-order valence-corrected chi connectivity index (χ2v) is 10.0. The minimum Gasteiger partial charge on any atom is -0.466 e. The molecule has 3 saturated heterocycles. The third-order valence-corrected chi connectivity index (χ3v) is 7.81. The number of rotatable bonds is 9. The Morgan fingerprint density at radius 1 is 1.26 bits per heavy atom. The van der Waals surface area contributed by atoms with Crippen LogP contribution in [0.2, 0.25) is 0 Å². The van der Waals surface area contributed by atoms with Crippen LogP contribution >= 0.6 is 0 Å². The van der Waals surface area contributed by atoms with Crippen LogP contribution in [0.5, 0.6) is 0 Å². The molecular weight excluding hydrogens is 436 g/mol. The van der Waals surface area contributed by atoms with Gasteiger partial charge in [0.05, 0.1) is 30.8 Å². The fourth-order valence-electron chi connectivity index (χ4n) is 6.45. The fraction of sp³-hybridized carbons (Fsp3) is 0.654. The lowest BCUT2D eigenvalue weighted by atomic mass is 9.66. The number of amides is 2. The zero-order valence-electron chi connectivity index (χ0n) is 20.5. The largest absolute Gasteiger partial charge is 0.466 e. The smallest absolute Gasteiger partial charge is 0.312 e. The zero-order valence-corrected chi connectivity index (χ0v) is 20.5. The van der Waals surface area contributed by atoms with E-state index in [9.17, 15) is 19.5 Å². The van der Waals surface area contributed by atoms with Crippen molar-refractivity contribution < 1.29 is 29.0 Å². The number of likely N-dealkylation sites (tertiary alicyclic amines) is 1. The number of carbonyl (C=O) groups is 3. The number of benzene rings is 1. The van der Waals surface area contributed by atoms with E-state index in [-0.39, 0.29) is 31.1 Å². The molecule has 1 aromatic carbocycles. The molecule has 0 aromatic heterocycles. The number of nitrogens with zero attached hydrogens (tertiary/aromatic N) is 1. The van der Waals surface area contributed by atoms with Crippen molar-refractivity contribution in [3.63, 3.8) is 0 Å². The molecule has 3 fully saturated rings. The summed E-state index contributed by atoms with van der Waals surface area (Å²) in [7, 11) is 0. The molecule has 1 aromatic rings. The maximum atomic E-state index is 14.1. The van der Waals surface area contributed by atoms with E-state index in [2.05, 4.69) is 5.32 Å². The van der Waals surface area contributed by atoms with E-state index >= 15 is 0 Å². The monoisotopic (exact) mass is 472 g/mol. The Hall–Kier alpha value is -2.45. The van der Waals surface area contributed by atoms with Gasteiger partial charge in [-0.2, -0.15) is 0 Å². The van der Waals surface area contributed by atoms with Gasteiger partial charge in [-0.1, -0.05) is 43.7 Å². The van der Waals surface area contributed by atoms with E-state index < -0.39 is 41.1 Å². The number of aliphatic hydroxyl groups excluding tert-OH is 1. The fourth-order valence-corrected chi connectivity index (χ4v) is 6.45. The van der Waals surface area contributed by atoms with E-state index in [0.717, 1.165) is 18.4 Å². The van der Waals surface area contributed by atoms with Gasteiger partial charge in [-0.15, -0.1) is 0 Å². The van der Waals surface area contributed by atoms with E-state index in [1.807, 2.05) is 51.1 Å². The van der Waals surface area contributed by atoms with Gasteiger partial charge in [0.15, 0.2) is 0 Å². The quantitative estimate of drug-likeness (QED) is 0.535. The van der Waals surface area contributed by atoms with Gasteiger partial charge in [0.2, 0.25) is 11.8 Å². The lowest BCUT2D eigenvalue weighted by Crippen LogP contribution is -2.57. The van der Waals surface area contributed by atoms with Gasteiger partial charge >= 0.3 is 5.97 Å². The van der Waals surface area contributed by atoms with Crippen LogP contribution in [0.3, 0.4) is 0 Å². The molecule has 2 bridgehead atoms. The summed E-state index contributed by atoms with van der Waals surface area (Å²) in [4.78, 5) is 42.4. The third-order valence-electron chi connectivity index (χ3n) is 7.81. The molecule has 0 radical (unpaired) electrons. The van der Waals surface area contributed by atoms with E-state index in [1.54, 1.807) is 6.92 Å². The molecule has 3 unspecified atom stereocenters. The number of hydrogen-bond donors (Lipinski definition) is 2. The first-order valence-electron chi connectivity index (χ1n) is 12.4. The predicted molar refractivity (Wildman–Crippen MR) is 124 cm³/mol. The van der Waals surface area contributed by atoms with Crippen molar-refractivity contribution >= 4 is 17.8 Å². The Morgan fingerprint density at radius 2 is 1.97 bits per heavy atom. The van der Waals surface area contributed by atoms with Crippen molar-refractivity contribution in [2.24, 2.45) is 11.8 Å². The summed E-state index contributed by atoms with van der Waals surface area (Å²) >= 11 is 0. The Balaban J connectivity index is 1.80. The van der Waals surface area contributed by atoms with E-state index in [0.29, 0.717) is 12.8 Å². The van der Waals surface area contributed by atoms with Crippen molar-refractivity contribution in [3.8, 4) is 0 Å². The molecule has 2 amide bonds. The second-order valence-electron chi connectivity index (χ2n) is 10.0.